The zero-order valence-corrected chi connectivity index (χ0v) is 13.0. The minimum absolute atomic E-state index is 0.150. The summed E-state index contributed by atoms with van der Waals surface area (Å²) >= 11 is 4.39. The summed E-state index contributed by atoms with van der Waals surface area (Å²) in [6, 6.07) is 1.57. The molecule has 0 saturated heterocycles. The lowest BCUT2D eigenvalue weighted by atomic mass is 10.1. The Morgan fingerprint density at radius 1 is 1.53 bits per heavy atom. The van der Waals surface area contributed by atoms with Crippen LogP contribution in [-0.4, -0.2) is 21.0 Å². The fourth-order valence-electron chi connectivity index (χ4n) is 1.44. The third kappa shape index (κ3) is 4.67. The van der Waals surface area contributed by atoms with Crippen LogP contribution in [0, 0.1) is 5.92 Å². The van der Waals surface area contributed by atoms with Gasteiger partial charge in [-0.05, 0) is 39.7 Å². The highest BCUT2D eigenvalue weighted by Crippen LogP contribution is 2.27. The van der Waals surface area contributed by atoms with Gasteiger partial charge in [0.2, 0.25) is 0 Å². The monoisotopic (exact) mass is 340 g/mol. The maximum atomic E-state index is 11.9. The van der Waals surface area contributed by atoms with Crippen LogP contribution in [0.5, 0.6) is 0 Å². The molecule has 0 amide bonds. The number of thiophene rings is 1. The normalized spacial score (nSPS) is 14.2. The van der Waals surface area contributed by atoms with Crippen molar-refractivity contribution in [2.45, 2.75) is 30.5 Å². The number of sulfonamides is 1. The highest BCUT2D eigenvalue weighted by Gasteiger charge is 2.19. The molecule has 98 valence electrons. The van der Waals surface area contributed by atoms with E-state index in [4.69, 9.17) is 5.73 Å². The minimum Gasteiger partial charge on any atom is -0.327 e. The van der Waals surface area contributed by atoms with Crippen LogP contribution in [0.2, 0.25) is 0 Å². The smallest absolute Gasteiger partial charge is 0.251 e. The van der Waals surface area contributed by atoms with Crippen molar-refractivity contribution in [1.82, 2.24) is 4.72 Å². The largest absolute Gasteiger partial charge is 0.327 e. The summed E-state index contributed by atoms with van der Waals surface area (Å²) in [5, 5.41) is 1.73. The Hall–Kier alpha value is 0.0500. The molecule has 0 aliphatic heterocycles. The van der Waals surface area contributed by atoms with Crippen LogP contribution in [0.3, 0.4) is 0 Å². The van der Waals surface area contributed by atoms with E-state index in [0.717, 1.165) is 6.42 Å². The topological polar surface area (TPSA) is 72.2 Å². The van der Waals surface area contributed by atoms with E-state index in [-0.39, 0.29) is 12.6 Å². The average molecular weight is 341 g/mol. The van der Waals surface area contributed by atoms with Gasteiger partial charge in [-0.15, -0.1) is 11.3 Å². The molecule has 4 nitrogen and oxygen atoms in total. The summed E-state index contributed by atoms with van der Waals surface area (Å²) < 4.78 is 27.3. The molecule has 0 bridgehead atoms. The molecule has 0 saturated carbocycles. The first-order chi connectivity index (χ1) is 7.83. The van der Waals surface area contributed by atoms with E-state index in [1.165, 1.54) is 11.3 Å². The van der Waals surface area contributed by atoms with Crippen molar-refractivity contribution < 1.29 is 8.42 Å². The van der Waals surface area contributed by atoms with Crippen molar-refractivity contribution in [2.24, 2.45) is 11.7 Å². The average Bonchev–Trinajstić information content (AvgIpc) is 2.61. The van der Waals surface area contributed by atoms with Gasteiger partial charge in [0.05, 0.1) is 0 Å². The van der Waals surface area contributed by atoms with Gasteiger partial charge in [0.15, 0.2) is 0 Å². The van der Waals surface area contributed by atoms with Crippen molar-refractivity contribution in [3.05, 3.63) is 15.9 Å². The van der Waals surface area contributed by atoms with Crippen molar-refractivity contribution in [3.63, 3.8) is 0 Å². The highest BCUT2D eigenvalue weighted by atomic mass is 79.9. The Balaban J connectivity index is 2.60. The molecule has 0 aliphatic rings. The summed E-state index contributed by atoms with van der Waals surface area (Å²) in [7, 11) is -3.44. The molecule has 0 aliphatic carbocycles. The fourth-order valence-corrected chi connectivity index (χ4v) is 4.92. The lowest BCUT2D eigenvalue weighted by molar-refractivity contribution is 0.486. The quantitative estimate of drug-likeness (QED) is 0.833. The predicted molar refractivity (Wildman–Crippen MR) is 74.6 cm³/mol. The van der Waals surface area contributed by atoms with Crippen molar-refractivity contribution >= 4 is 37.3 Å². The van der Waals surface area contributed by atoms with Crippen molar-refractivity contribution in [1.29, 1.82) is 0 Å². The number of nitrogens with one attached hydrogen (secondary N) is 1. The second kappa shape index (κ2) is 6.29. The molecule has 0 spiro atoms. The molecule has 1 rings (SSSR count). The summed E-state index contributed by atoms with van der Waals surface area (Å²) in [5.41, 5.74) is 5.84. The Bertz CT molecular complexity index is 457. The number of halogens is 1. The molecule has 0 fully saturated rings. The molecular weight excluding hydrogens is 324 g/mol. The number of hydrogen-bond acceptors (Lipinski definition) is 4. The van der Waals surface area contributed by atoms with E-state index in [1.54, 1.807) is 11.4 Å². The van der Waals surface area contributed by atoms with Crippen LogP contribution in [0.15, 0.2) is 20.1 Å². The zero-order chi connectivity index (χ0) is 13.1. The molecule has 7 heteroatoms. The fraction of sp³-hybridized carbons (Fsp3) is 0.600. The van der Waals surface area contributed by atoms with E-state index in [0.29, 0.717) is 14.6 Å². The van der Waals surface area contributed by atoms with Gasteiger partial charge in [-0.2, -0.15) is 0 Å². The Morgan fingerprint density at radius 2 is 2.18 bits per heavy atom. The number of rotatable bonds is 6. The van der Waals surface area contributed by atoms with Gasteiger partial charge < -0.3 is 5.73 Å². The maximum absolute atomic E-state index is 11.9. The summed E-state index contributed by atoms with van der Waals surface area (Å²) in [5.74, 6) is 0.461. The van der Waals surface area contributed by atoms with Crippen LogP contribution < -0.4 is 10.5 Å². The SMILES string of the molecule is CC(C)CC(N)CNS(=O)(=O)c1sccc1Br. The van der Waals surface area contributed by atoms with E-state index in [2.05, 4.69) is 34.5 Å². The van der Waals surface area contributed by atoms with E-state index < -0.39 is 10.0 Å². The Morgan fingerprint density at radius 3 is 2.65 bits per heavy atom. The lowest BCUT2D eigenvalue weighted by Crippen LogP contribution is -2.37. The molecule has 3 N–H and O–H groups in total. The van der Waals surface area contributed by atoms with Crippen LogP contribution in [0.25, 0.3) is 0 Å². The molecule has 17 heavy (non-hydrogen) atoms. The number of nitrogens with two attached hydrogens (primary N) is 1. The van der Waals surface area contributed by atoms with Crippen molar-refractivity contribution in [2.75, 3.05) is 6.54 Å². The molecule has 0 radical (unpaired) electrons. The molecule has 1 unspecified atom stereocenters. The summed E-state index contributed by atoms with van der Waals surface area (Å²) in [6.45, 7) is 4.39. The van der Waals surface area contributed by atoms with Crippen molar-refractivity contribution in [3.8, 4) is 0 Å². The van der Waals surface area contributed by atoms with E-state index in [9.17, 15) is 8.42 Å². The summed E-state index contributed by atoms with van der Waals surface area (Å²) in [6.07, 6.45) is 0.800. The Labute approximate surface area is 115 Å². The highest BCUT2D eigenvalue weighted by molar-refractivity contribution is 9.10. The summed E-state index contributed by atoms with van der Waals surface area (Å²) in [4.78, 5) is 0. The van der Waals surface area contributed by atoms with Crippen LogP contribution in [0.1, 0.15) is 20.3 Å². The molecule has 1 heterocycles. The standard InChI is InChI=1S/C10H17BrN2O2S2/c1-7(2)5-8(12)6-13-17(14,15)10-9(11)3-4-16-10/h3-4,7-8,13H,5-6,12H2,1-2H3. The molecule has 0 aromatic carbocycles. The Kier molecular flexibility index (Phi) is 5.59. The third-order valence-corrected chi connectivity index (χ3v) is 6.23. The maximum Gasteiger partial charge on any atom is 0.251 e. The first kappa shape index (κ1) is 15.1. The van der Waals surface area contributed by atoms with Crippen LogP contribution in [0.4, 0.5) is 0 Å². The van der Waals surface area contributed by atoms with E-state index >= 15 is 0 Å². The molecular formula is C10H17BrN2O2S2. The van der Waals surface area contributed by atoms with Gasteiger partial charge in [-0.1, -0.05) is 13.8 Å². The van der Waals surface area contributed by atoms with Gasteiger partial charge in [-0.3, -0.25) is 0 Å². The third-order valence-electron chi connectivity index (χ3n) is 2.14. The van der Waals surface area contributed by atoms with Crippen LogP contribution in [-0.2, 0) is 10.0 Å². The van der Waals surface area contributed by atoms with Gasteiger partial charge in [0, 0.05) is 17.1 Å². The van der Waals surface area contributed by atoms with E-state index in [1.807, 2.05) is 0 Å². The van der Waals surface area contributed by atoms with Gasteiger partial charge in [-0.25, -0.2) is 13.1 Å². The van der Waals surface area contributed by atoms with Crippen LogP contribution >= 0.6 is 27.3 Å². The molecule has 1 aromatic rings. The zero-order valence-electron chi connectivity index (χ0n) is 9.81. The van der Waals surface area contributed by atoms with Gasteiger partial charge in [0.1, 0.15) is 4.21 Å². The first-order valence-corrected chi connectivity index (χ1v) is 8.46. The second-order valence-electron chi connectivity index (χ2n) is 4.30. The minimum atomic E-state index is -3.44. The second-order valence-corrected chi connectivity index (χ2v) is 8.03. The molecule has 1 aromatic heterocycles. The predicted octanol–water partition coefficient (Wildman–Crippen LogP) is 2.16. The van der Waals surface area contributed by atoms with Gasteiger partial charge in [0.25, 0.3) is 10.0 Å². The molecule has 1 atom stereocenters. The van der Waals surface area contributed by atoms with Gasteiger partial charge >= 0.3 is 0 Å². The number of hydrogen-bond donors (Lipinski definition) is 2. The lowest BCUT2D eigenvalue weighted by Gasteiger charge is -2.14. The first-order valence-electron chi connectivity index (χ1n) is 5.31.